The lowest BCUT2D eigenvalue weighted by atomic mass is 10.0. The second-order valence-electron chi connectivity index (χ2n) is 4.20. The fraction of sp³-hybridized carbons (Fsp3) is 0.545. The molecular formula is C11H15N4O2. The minimum absolute atomic E-state index is 0.0933. The maximum Gasteiger partial charge on any atom is 0.284 e. The van der Waals surface area contributed by atoms with Crippen LogP contribution in [0.1, 0.15) is 36.4 Å². The highest BCUT2D eigenvalue weighted by Gasteiger charge is 2.24. The fourth-order valence-electron chi connectivity index (χ4n) is 2.19. The van der Waals surface area contributed by atoms with Crippen molar-refractivity contribution in [3.8, 4) is 0 Å². The number of aromatic nitrogens is 2. The number of nitrogens with zero attached hydrogens (tertiary/aromatic N) is 3. The first-order valence-electron chi connectivity index (χ1n) is 5.60. The van der Waals surface area contributed by atoms with E-state index in [2.05, 4.69) is 11.2 Å². The molecule has 0 aromatic carbocycles. The summed E-state index contributed by atoms with van der Waals surface area (Å²) in [6.07, 6.45) is 5.91. The van der Waals surface area contributed by atoms with Crippen molar-refractivity contribution in [3.63, 3.8) is 0 Å². The molecule has 1 aromatic heterocycles. The molecule has 1 aromatic rings. The van der Waals surface area contributed by atoms with Gasteiger partial charge in [0.05, 0.1) is 0 Å². The highest BCUT2D eigenvalue weighted by Crippen LogP contribution is 2.23. The van der Waals surface area contributed by atoms with Gasteiger partial charge < -0.3 is 15.2 Å². The van der Waals surface area contributed by atoms with E-state index < -0.39 is 5.91 Å². The van der Waals surface area contributed by atoms with Gasteiger partial charge in [-0.25, -0.2) is 4.98 Å². The first-order chi connectivity index (χ1) is 8.09. The number of hydrogen-bond donors (Lipinski definition) is 1. The van der Waals surface area contributed by atoms with E-state index in [1.165, 1.54) is 0 Å². The number of amides is 2. The number of carbonyl (C=O) groups is 2. The summed E-state index contributed by atoms with van der Waals surface area (Å²) in [5.41, 5.74) is 5.23. The smallest absolute Gasteiger partial charge is 0.284 e. The molecule has 0 spiro atoms. The van der Waals surface area contributed by atoms with Gasteiger partial charge in [-0.3, -0.25) is 9.59 Å². The number of imidazole rings is 1. The minimum atomic E-state index is -0.541. The molecule has 1 fully saturated rings. The predicted octanol–water partition coefficient (Wildman–Crippen LogP) is -0.0344. The Morgan fingerprint density at radius 3 is 2.65 bits per heavy atom. The molecular weight excluding hydrogens is 220 g/mol. The number of carbonyl (C=O) groups excluding carboxylic acids is 2. The van der Waals surface area contributed by atoms with E-state index >= 15 is 0 Å². The van der Waals surface area contributed by atoms with E-state index in [1.54, 1.807) is 22.6 Å². The molecule has 17 heavy (non-hydrogen) atoms. The van der Waals surface area contributed by atoms with Crippen LogP contribution in [0.15, 0.2) is 6.20 Å². The number of rotatable bonds is 2. The van der Waals surface area contributed by atoms with E-state index in [0.29, 0.717) is 13.1 Å². The van der Waals surface area contributed by atoms with Crippen molar-refractivity contribution in [1.29, 1.82) is 0 Å². The van der Waals surface area contributed by atoms with Gasteiger partial charge in [-0.05, 0) is 12.8 Å². The predicted molar refractivity (Wildman–Crippen MR) is 60.1 cm³/mol. The molecule has 1 aliphatic rings. The molecule has 0 atom stereocenters. The third-order valence-corrected chi connectivity index (χ3v) is 3.14. The standard InChI is InChI=1S/C11H15N4O2/c1-8(16)14-5-2-9(3-6-14)15-7-4-13-11(15)10(12)17/h7,9H,2-3,5-6H2,1H3,(H2,12,17). The summed E-state index contributed by atoms with van der Waals surface area (Å²) in [5, 5.41) is 0. The summed E-state index contributed by atoms with van der Waals surface area (Å²) < 4.78 is 1.76. The third kappa shape index (κ3) is 2.30. The SMILES string of the molecule is CC(=O)N1CCC(n2c[c]nc2C(N)=O)CC1. The topological polar surface area (TPSA) is 81.2 Å². The molecule has 91 valence electrons. The van der Waals surface area contributed by atoms with Crippen LogP contribution in [0.2, 0.25) is 0 Å². The van der Waals surface area contributed by atoms with Crippen LogP contribution in [0.3, 0.4) is 0 Å². The zero-order valence-electron chi connectivity index (χ0n) is 9.72. The van der Waals surface area contributed by atoms with Crippen molar-refractivity contribution in [2.45, 2.75) is 25.8 Å². The van der Waals surface area contributed by atoms with E-state index in [1.807, 2.05) is 0 Å². The second-order valence-corrected chi connectivity index (χ2v) is 4.20. The van der Waals surface area contributed by atoms with Gasteiger partial charge in [0.2, 0.25) is 5.91 Å². The molecule has 0 saturated carbocycles. The molecule has 0 bridgehead atoms. The Hall–Kier alpha value is -1.85. The number of primary amides is 1. The number of likely N-dealkylation sites (tertiary alicyclic amines) is 1. The van der Waals surface area contributed by atoms with Crippen LogP contribution >= 0.6 is 0 Å². The summed E-state index contributed by atoms with van der Waals surface area (Å²) in [5.74, 6) is -0.206. The van der Waals surface area contributed by atoms with Crippen LogP contribution in [-0.2, 0) is 4.79 Å². The summed E-state index contributed by atoms with van der Waals surface area (Å²) in [4.78, 5) is 28.0. The average molecular weight is 235 g/mol. The summed E-state index contributed by atoms with van der Waals surface area (Å²) in [6.45, 7) is 2.98. The van der Waals surface area contributed by atoms with E-state index in [9.17, 15) is 9.59 Å². The lowest BCUT2D eigenvalue weighted by Gasteiger charge is -2.32. The van der Waals surface area contributed by atoms with Crippen molar-refractivity contribution in [3.05, 3.63) is 18.2 Å². The Morgan fingerprint density at radius 2 is 2.12 bits per heavy atom. The van der Waals surface area contributed by atoms with Crippen LogP contribution in [0.4, 0.5) is 0 Å². The largest absolute Gasteiger partial charge is 0.363 e. The highest BCUT2D eigenvalue weighted by molar-refractivity contribution is 5.89. The van der Waals surface area contributed by atoms with Crippen LogP contribution in [0.25, 0.3) is 0 Å². The molecule has 2 amide bonds. The molecule has 1 aliphatic heterocycles. The Labute approximate surface area is 99.4 Å². The minimum Gasteiger partial charge on any atom is -0.363 e. The first-order valence-corrected chi connectivity index (χ1v) is 5.60. The molecule has 0 unspecified atom stereocenters. The maximum atomic E-state index is 11.2. The average Bonchev–Trinajstić information content (AvgIpc) is 2.78. The molecule has 6 heteroatoms. The van der Waals surface area contributed by atoms with Gasteiger partial charge in [-0.2, -0.15) is 0 Å². The maximum absolute atomic E-state index is 11.2. The van der Waals surface area contributed by atoms with Crippen molar-refractivity contribution in [1.82, 2.24) is 14.5 Å². The van der Waals surface area contributed by atoms with E-state index in [0.717, 1.165) is 12.8 Å². The van der Waals surface area contributed by atoms with Crippen LogP contribution in [0, 0.1) is 6.20 Å². The van der Waals surface area contributed by atoms with Crippen LogP contribution < -0.4 is 5.73 Å². The van der Waals surface area contributed by atoms with Gasteiger partial charge in [-0.15, -0.1) is 0 Å². The summed E-state index contributed by atoms with van der Waals surface area (Å²) in [6, 6.07) is 0.173. The zero-order valence-corrected chi connectivity index (χ0v) is 9.72. The molecule has 1 saturated heterocycles. The summed E-state index contributed by atoms with van der Waals surface area (Å²) in [7, 11) is 0. The Balaban J connectivity index is 2.08. The Bertz CT molecular complexity index is 432. The van der Waals surface area contributed by atoms with Crippen LogP contribution in [0.5, 0.6) is 0 Å². The van der Waals surface area contributed by atoms with Crippen molar-refractivity contribution in [2.75, 3.05) is 13.1 Å². The van der Waals surface area contributed by atoms with Gasteiger partial charge in [0, 0.05) is 32.3 Å². The zero-order chi connectivity index (χ0) is 12.4. The molecule has 2 rings (SSSR count). The first kappa shape index (κ1) is 11.6. The molecule has 1 radical (unpaired) electrons. The van der Waals surface area contributed by atoms with Gasteiger partial charge in [0.1, 0.15) is 6.20 Å². The number of nitrogens with two attached hydrogens (primary N) is 1. The second kappa shape index (κ2) is 4.57. The molecule has 2 N–H and O–H groups in total. The third-order valence-electron chi connectivity index (χ3n) is 3.14. The quantitative estimate of drug-likeness (QED) is 0.781. The fourth-order valence-corrected chi connectivity index (χ4v) is 2.19. The van der Waals surface area contributed by atoms with Gasteiger partial charge >= 0.3 is 0 Å². The Morgan fingerprint density at radius 1 is 1.47 bits per heavy atom. The lowest BCUT2D eigenvalue weighted by Crippen LogP contribution is -2.38. The van der Waals surface area contributed by atoms with Gasteiger partial charge in [-0.1, -0.05) is 0 Å². The monoisotopic (exact) mass is 235 g/mol. The number of hydrogen-bond acceptors (Lipinski definition) is 3. The van der Waals surface area contributed by atoms with Gasteiger partial charge in [0.15, 0.2) is 5.82 Å². The highest BCUT2D eigenvalue weighted by atomic mass is 16.2. The molecule has 0 aliphatic carbocycles. The van der Waals surface area contributed by atoms with Gasteiger partial charge in [0.25, 0.3) is 5.91 Å². The Kier molecular flexibility index (Phi) is 3.12. The van der Waals surface area contributed by atoms with E-state index in [-0.39, 0.29) is 17.8 Å². The van der Waals surface area contributed by atoms with Crippen molar-refractivity contribution in [2.24, 2.45) is 5.73 Å². The van der Waals surface area contributed by atoms with E-state index in [4.69, 9.17) is 5.73 Å². The van der Waals surface area contributed by atoms with Crippen molar-refractivity contribution >= 4 is 11.8 Å². The molecule has 6 nitrogen and oxygen atoms in total. The molecule has 2 heterocycles. The van der Waals surface area contributed by atoms with Crippen LogP contribution in [-0.4, -0.2) is 39.4 Å². The number of piperidine rings is 1. The van der Waals surface area contributed by atoms with Crippen molar-refractivity contribution < 1.29 is 9.59 Å². The normalized spacial score (nSPS) is 17.1. The summed E-state index contributed by atoms with van der Waals surface area (Å²) >= 11 is 0. The lowest BCUT2D eigenvalue weighted by molar-refractivity contribution is -0.130.